The maximum Gasteiger partial charge on any atom is 0.419 e. The van der Waals surface area contributed by atoms with Crippen LogP contribution in [0.1, 0.15) is 55.3 Å². The van der Waals surface area contributed by atoms with Crippen LogP contribution in [0.5, 0.6) is 6.01 Å². The normalized spacial score (nSPS) is 23.0. The molecule has 0 bridgehead atoms. The predicted molar refractivity (Wildman–Crippen MR) is 170 cm³/mol. The van der Waals surface area contributed by atoms with Crippen LogP contribution in [-0.2, 0) is 23.9 Å². The van der Waals surface area contributed by atoms with E-state index in [-0.39, 0.29) is 47.4 Å². The van der Waals surface area contributed by atoms with Gasteiger partial charge in [0.05, 0.1) is 28.5 Å². The number of hydrogen-bond acceptors (Lipinski definition) is 7. The number of fused-ring (bicyclic) bond motifs is 1. The van der Waals surface area contributed by atoms with Gasteiger partial charge in [0.1, 0.15) is 17.5 Å². The third-order valence-corrected chi connectivity index (χ3v) is 10.3. The molecule has 1 unspecified atom stereocenters. The van der Waals surface area contributed by atoms with Gasteiger partial charge in [0.25, 0.3) is 0 Å². The number of alkyl halides is 3. The lowest BCUT2D eigenvalue weighted by Gasteiger charge is -2.44. The molecule has 3 aliphatic heterocycles. The third-order valence-electron chi connectivity index (χ3n) is 10.0. The number of likely N-dealkylation sites (tertiary alicyclic amines) is 1. The fraction of sp³-hybridized carbons (Fsp3) is 0.576. The van der Waals surface area contributed by atoms with Gasteiger partial charge < -0.3 is 29.2 Å². The van der Waals surface area contributed by atoms with E-state index in [0.717, 1.165) is 50.6 Å². The van der Waals surface area contributed by atoms with Gasteiger partial charge >= 0.3 is 12.2 Å². The second-order valence-corrected chi connectivity index (χ2v) is 13.3. The van der Waals surface area contributed by atoms with E-state index in [4.69, 9.17) is 32.9 Å². The number of halogens is 4. The molecule has 2 atom stereocenters. The molecule has 0 radical (unpaired) electrons. The zero-order valence-electron chi connectivity index (χ0n) is 26.0. The number of aromatic nitrogens is 2. The monoisotopic (exact) mass is 657 g/mol. The van der Waals surface area contributed by atoms with Crippen LogP contribution in [0.3, 0.4) is 0 Å². The van der Waals surface area contributed by atoms with Crippen molar-refractivity contribution >= 4 is 29.0 Å². The Bertz CT molecular complexity index is 1530. The molecular formula is C33H39ClF3N7O2. The molecule has 0 N–H and O–H groups in total. The summed E-state index contributed by atoms with van der Waals surface area (Å²) in [4.78, 5) is 33.8. The van der Waals surface area contributed by atoms with Gasteiger partial charge in [0, 0.05) is 44.2 Å². The van der Waals surface area contributed by atoms with E-state index in [1.807, 2.05) is 0 Å². The van der Waals surface area contributed by atoms with Crippen molar-refractivity contribution in [3.8, 4) is 6.01 Å². The molecule has 13 heteroatoms. The Hall–Kier alpha value is -3.56. The largest absolute Gasteiger partial charge is 0.457 e. The van der Waals surface area contributed by atoms with Crippen molar-refractivity contribution < 1.29 is 22.7 Å². The Labute approximate surface area is 272 Å². The van der Waals surface area contributed by atoms with Crippen molar-refractivity contribution in [1.29, 1.82) is 0 Å². The van der Waals surface area contributed by atoms with Crippen LogP contribution >= 0.6 is 11.6 Å². The molecule has 1 saturated carbocycles. The number of amides is 1. The Kier molecular flexibility index (Phi) is 9.09. The van der Waals surface area contributed by atoms with Gasteiger partial charge in [-0.25, -0.2) is 6.57 Å². The highest BCUT2D eigenvalue weighted by Gasteiger charge is 2.45. The van der Waals surface area contributed by atoms with Crippen LogP contribution in [0.15, 0.2) is 30.9 Å². The van der Waals surface area contributed by atoms with Crippen LogP contribution in [0.2, 0.25) is 5.02 Å². The first-order valence-corrected chi connectivity index (χ1v) is 16.3. The number of piperazine rings is 1. The second-order valence-electron chi connectivity index (χ2n) is 12.9. The van der Waals surface area contributed by atoms with Crippen molar-refractivity contribution in [2.45, 2.75) is 75.4 Å². The Morgan fingerprint density at radius 1 is 1.17 bits per heavy atom. The summed E-state index contributed by atoms with van der Waals surface area (Å²) in [6.45, 7) is 14.0. The van der Waals surface area contributed by atoms with Crippen LogP contribution in [-0.4, -0.2) is 89.7 Å². The van der Waals surface area contributed by atoms with Crippen LogP contribution in [0, 0.1) is 6.57 Å². The highest BCUT2D eigenvalue weighted by Crippen LogP contribution is 2.45. The van der Waals surface area contributed by atoms with E-state index in [1.165, 1.54) is 24.3 Å². The molecule has 2 aromatic rings. The smallest absolute Gasteiger partial charge is 0.419 e. The molecule has 4 heterocycles. The highest BCUT2D eigenvalue weighted by atomic mass is 35.5. The average Bonchev–Trinajstić information content (AvgIpc) is 3.41. The topological polar surface area (TPSA) is 69.4 Å². The summed E-state index contributed by atoms with van der Waals surface area (Å²) in [5.74, 6) is 0.443. The maximum absolute atomic E-state index is 14.1. The summed E-state index contributed by atoms with van der Waals surface area (Å²) in [6, 6.07) is 4.53. The van der Waals surface area contributed by atoms with Crippen molar-refractivity contribution in [1.82, 2.24) is 19.8 Å². The minimum atomic E-state index is -4.62. The maximum atomic E-state index is 14.1. The third kappa shape index (κ3) is 6.36. The number of anilines is 2. The van der Waals surface area contributed by atoms with Crippen molar-refractivity contribution in [2.24, 2.45) is 0 Å². The van der Waals surface area contributed by atoms with E-state index in [0.29, 0.717) is 50.2 Å². The molecule has 9 nitrogen and oxygen atoms in total. The molecule has 4 aliphatic rings. The first-order chi connectivity index (χ1) is 22.0. The number of rotatable bonds is 8. The Morgan fingerprint density at radius 2 is 1.98 bits per heavy atom. The van der Waals surface area contributed by atoms with Gasteiger partial charge in [-0.15, -0.1) is 0 Å². The van der Waals surface area contributed by atoms with Gasteiger partial charge in [-0.05, 0) is 70.3 Å². The Morgan fingerprint density at radius 3 is 2.63 bits per heavy atom. The van der Waals surface area contributed by atoms with Crippen LogP contribution in [0.25, 0.3) is 4.85 Å². The fourth-order valence-electron chi connectivity index (χ4n) is 7.45. The summed E-state index contributed by atoms with van der Waals surface area (Å²) in [6.07, 6.45) is 3.04. The first kappa shape index (κ1) is 32.4. The minimum Gasteiger partial charge on any atom is -0.457 e. The van der Waals surface area contributed by atoms with E-state index < -0.39 is 11.7 Å². The van der Waals surface area contributed by atoms with Gasteiger partial charge in [-0.3, -0.25) is 4.79 Å². The SMILES string of the molecule is [C-]#[N+]C[C@H]1CN(c2nc(OC3(CC4CCCN4C)CCC3)nc3c2CCN(c2cccc(Cl)c2C(F)(F)F)C3)CCN1C(=O)C=C. The molecular weight excluding hydrogens is 619 g/mol. The number of carbonyl (C=O) groups excluding carboxylic acids is 1. The van der Waals surface area contributed by atoms with Crippen molar-refractivity contribution in [2.75, 3.05) is 56.1 Å². The molecule has 1 aliphatic carbocycles. The van der Waals surface area contributed by atoms with Gasteiger partial charge in [0.15, 0.2) is 0 Å². The molecule has 0 spiro atoms. The highest BCUT2D eigenvalue weighted by molar-refractivity contribution is 6.31. The Balaban J connectivity index is 1.36. The second kappa shape index (κ2) is 12.9. The lowest BCUT2D eigenvalue weighted by molar-refractivity contribution is -0.137. The standard InChI is InChI=1S/C33H39ClF3N7O2/c1-4-28(45)44-17-16-43(20-23(44)19-38-2)30-24-11-15-42(27-10-5-9-25(34)29(27)33(35,36)37)21-26(24)39-31(40-30)46-32(12-7-13-32)18-22-8-6-14-41(22)3/h4-5,9-10,22-23H,1,6-8,11-21H2,3H3/t22?,23-/m0/s1. The van der Waals surface area contributed by atoms with E-state index in [2.05, 4.69) is 28.3 Å². The van der Waals surface area contributed by atoms with Crippen LogP contribution < -0.4 is 14.5 Å². The van der Waals surface area contributed by atoms with Gasteiger partial charge in [-0.2, -0.15) is 23.1 Å². The number of benzene rings is 1. The van der Waals surface area contributed by atoms with E-state index in [9.17, 15) is 18.0 Å². The summed E-state index contributed by atoms with van der Waals surface area (Å²) in [5.41, 5.74) is 0.230. The molecule has 1 aromatic carbocycles. The molecule has 246 valence electrons. The summed E-state index contributed by atoms with van der Waals surface area (Å²) in [7, 11) is 2.15. The molecule has 6 rings (SSSR count). The zero-order valence-corrected chi connectivity index (χ0v) is 26.8. The predicted octanol–water partition coefficient (Wildman–Crippen LogP) is 5.62. The molecule has 46 heavy (non-hydrogen) atoms. The zero-order chi connectivity index (χ0) is 32.6. The molecule has 1 amide bonds. The quantitative estimate of drug-likeness (QED) is 0.270. The lowest BCUT2D eigenvalue weighted by atomic mass is 9.75. The molecule has 2 saturated heterocycles. The number of nitrogens with zero attached hydrogens (tertiary/aromatic N) is 7. The average molecular weight is 658 g/mol. The fourth-order valence-corrected chi connectivity index (χ4v) is 7.73. The first-order valence-electron chi connectivity index (χ1n) is 15.9. The van der Waals surface area contributed by atoms with Gasteiger partial charge in [-0.1, -0.05) is 24.2 Å². The molecule has 3 fully saturated rings. The summed E-state index contributed by atoms with van der Waals surface area (Å²) in [5, 5.41) is -0.343. The lowest BCUT2D eigenvalue weighted by Crippen LogP contribution is -2.56. The van der Waals surface area contributed by atoms with Crippen LogP contribution in [0.4, 0.5) is 24.7 Å². The van der Waals surface area contributed by atoms with Crippen molar-refractivity contribution in [3.63, 3.8) is 0 Å². The summed E-state index contributed by atoms with van der Waals surface area (Å²) < 4.78 is 49.2. The van der Waals surface area contributed by atoms with E-state index >= 15 is 0 Å². The van der Waals surface area contributed by atoms with E-state index in [1.54, 1.807) is 9.80 Å². The summed E-state index contributed by atoms with van der Waals surface area (Å²) >= 11 is 6.09. The number of hydrogen-bond donors (Lipinski definition) is 0. The van der Waals surface area contributed by atoms with Gasteiger partial charge in [0.2, 0.25) is 12.5 Å². The minimum absolute atomic E-state index is 0.0155. The van der Waals surface area contributed by atoms with Crippen molar-refractivity contribution in [3.05, 3.63) is 64.1 Å². The number of ether oxygens (including phenoxy) is 1. The molecule has 1 aromatic heterocycles. The number of carbonyl (C=O) groups is 1.